The summed E-state index contributed by atoms with van der Waals surface area (Å²) in [6.07, 6.45) is -2.55. The van der Waals surface area contributed by atoms with Crippen LogP contribution in [0, 0.1) is 6.92 Å². The molecule has 2 aliphatic rings. The summed E-state index contributed by atoms with van der Waals surface area (Å²) in [5.41, 5.74) is 5.69. The number of halogens is 4. The molecule has 43 heavy (non-hydrogen) atoms. The first-order valence-electron chi connectivity index (χ1n) is 14.2. The lowest BCUT2D eigenvalue weighted by Crippen LogP contribution is -2.48. The van der Waals surface area contributed by atoms with Gasteiger partial charge in [0.1, 0.15) is 5.82 Å². The number of piperazine rings is 1. The molecule has 0 atom stereocenters. The van der Waals surface area contributed by atoms with Gasteiger partial charge in [-0.1, -0.05) is 35.9 Å². The van der Waals surface area contributed by atoms with Crippen LogP contribution in [-0.4, -0.2) is 55.1 Å². The molecule has 1 fully saturated rings. The van der Waals surface area contributed by atoms with Gasteiger partial charge in [0.05, 0.1) is 11.3 Å². The number of alkyl halides is 3. The number of amides is 1. The molecule has 0 radical (unpaired) electrons. The van der Waals surface area contributed by atoms with Crippen molar-refractivity contribution in [2.45, 2.75) is 19.6 Å². The van der Waals surface area contributed by atoms with Crippen molar-refractivity contribution in [2.75, 3.05) is 54.4 Å². The molecule has 4 aromatic rings. The van der Waals surface area contributed by atoms with Gasteiger partial charge in [0.25, 0.3) is 5.91 Å². The molecule has 10 heteroatoms. The zero-order chi connectivity index (χ0) is 30.1. The van der Waals surface area contributed by atoms with Crippen LogP contribution in [0.1, 0.15) is 27.0 Å². The maximum absolute atomic E-state index is 13.3. The van der Waals surface area contributed by atoms with Gasteiger partial charge < -0.3 is 20.0 Å². The molecule has 3 heterocycles. The Morgan fingerprint density at radius 3 is 2.44 bits per heavy atom. The maximum Gasteiger partial charge on any atom is 0.416 e. The van der Waals surface area contributed by atoms with Gasteiger partial charge in [0.2, 0.25) is 0 Å². The van der Waals surface area contributed by atoms with Gasteiger partial charge in [-0.15, -0.1) is 0 Å². The van der Waals surface area contributed by atoms with Crippen molar-refractivity contribution >= 4 is 34.7 Å². The molecule has 0 bridgehead atoms. The second-order valence-electron chi connectivity index (χ2n) is 10.9. The zero-order valence-electron chi connectivity index (χ0n) is 23.7. The maximum atomic E-state index is 13.3. The number of fused-ring (bicyclic) bond motifs is 1. The van der Waals surface area contributed by atoms with Crippen LogP contribution < -0.4 is 15.1 Å². The Labute approximate surface area is 253 Å². The number of hydrogen-bond donors (Lipinski definition) is 1. The van der Waals surface area contributed by atoms with E-state index in [9.17, 15) is 18.0 Å². The summed E-state index contributed by atoms with van der Waals surface area (Å²) in [6.45, 7) is 6.23. The quantitative estimate of drug-likeness (QED) is 0.262. The van der Waals surface area contributed by atoms with E-state index in [2.05, 4.69) is 28.2 Å². The van der Waals surface area contributed by atoms with Crippen molar-refractivity contribution in [1.29, 1.82) is 0 Å². The highest BCUT2D eigenvalue weighted by Crippen LogP contribution is 2.34. The highest BCUT2D eigenvalue weighted by molar-refractivity contribution is 6.30. The number of carbonyl (C=O) groups excluding carboxylic acids is 1. The van der Waals surface area contributed by atoms with Crippen molar-refractivity contribution in [3.8, 4) is 11.1 Å². The molecule has 0 unspecified atom stereocenters. The number of nitrogens with one attached hydrogen (secondary N) is 1. The SMILES string of the molecule is Cc1ccc(Cl)cc1CN1CCNc2ncc(-c3ccc(C(=O)N4CCN(c5cccc(C(F)(F)F)c5)CC4)cc3)cc21. The number of anilines is 3. The van der Waals surface area contributed by atoms with Crippen LogP contribution in [-0.2, 0) is 12.7 Å². The Kier molecular flexibility index (Phi) is 7.92. The number of pyridine rings is 1. The Morgan fingerprint density at radius 1 is 0.930 bits per heavy atom. The lowest BCUT2D eigenvalue weighted by atomic mass is 10.0. The first-order valence-corrected chi connectivity index (χ1v) is 14.6. The van der Waals surface area contributed by atoms with Crippen LogP contribution in [0.5, 0.6) is 0 Å². The number of aromatic nitrogens is 1. The summed E-state index contributed by atoms with van der Waals surface area (Å²) in [5.74, 6) is 0.747. The minimum Gasteiger partial charge on any atom is -0.368 e. The van der Waals surface area contributed by atoms with Crippen LogP contribution in [0.3, 0.4) is 0 Å². The van der Waals surface area contributed by atoms with Gasteiger partial charge in [0.15, 0.2) is 0 Å². The van der Waals surface area contributed by atoms with Crippen molar-refractivity contribution < 1.29 is 18.0 Å². The van der Waals surface area contributed by atoms with Crippen molar-refractivity contribution in [3.05, 3.63) is 106 Å². The van der Waals surface area contributed by atoms with E-state index in [0.717, 1.165) is 53.4 Å². The molecular weight excluding hydrogens is 575 g/mol. The number of benzene rings is 3. The Morgan fingerprint density at radius 2 is 1.70 bits per heavy atom. The molecule has 222 valence electrons. The molecular formula is C33H31ClF3N5O. The minimum atomic E-state index is -4.39. The Hall–Kier alpha value is -4.24. The zero-order valence-corrected chi connectivity index (χ0v) is 24.4. The fraction of sp³-hybridized carbons (Fsp3) is 0.273. The van der Waals surface area contributed by atoms with Crippen LogP contribution >= 0.6 is 11.6 Å². The molecule has 0 saturated carbocycles. The molecule has 1 N–H and O–H groups in total. The standard InChI is InChI=1S/C33H31ClF3N5O/c1-22-5-10-28(34)17-26(22)21-42-12-11-38-31-30(42)18-25(20-39-31)23-6-8-24(9-7-23)32(43)41-15-13-40(14-16-41)29-4-2-3-27(19-29)33(35,36)37/h2-10,17-20H,11-16,21H2,1H3,(H,38,39). The van der Waals surface area contributed by atoms with E-state index < -0.39 is 11.7 Å². The Bertz CT molecular complexity index is 1630. The summed E-state index contributed by atoms with van der Waals surface area (Å²) >= 11 is 6.27. The third-order valence-corrected chi connectivity index (χ3v) is 8.36. The number of rotatable bonds is 5. The molecule has 0 spiro atoms. The van der Waals surface area contributed by atoms with Gasteiger partial charge in [-0.05, 0) is 72.1 Å². The molecule has 0 aliphatic carbocycles. The van der Waals surface area contributed by atoms with Crippen LogP contribution in [0.15, 0.2) is 79.0 Å². The summed E-state index contributed by atoms with van der Waals surface area (Å²) in [7, 11) is 0. The molecule has 1 saturated heterocycles. The number of nitrogens with zero attached hydrogens (tertiary/aromatic N) is 4. The predicted octanol–water partition coefficient (Wildman–Crippen LogP) is 7.12. The largest absolute Gasteiger partial charge is 0.416 e. The highest BCUT2D eigenvalue weighted by Gasteiger charge is 2.31. The normalized spacial score (nSPS) is 15.2. The van der Waals surface area contributed by atoms with Gasteiger partial charge in [-0.25, -0.2) is 4.98 Å². The predicted molar refractivity (Wildman–Crippen MR) is 165 cm³/mol. The van der Waals surface area contributed by atoms with Crippen LogP contribution in [0.4, 0.5) is 30.4 Å². The monoisotopic (exact) mass is 605 g/mol. The van der Waals surface area contributed by atoms with Crippen molar-refractivity contribution in [1.82, 2.24) is 9.88 Å². The lowest BCUT2D eigenvalue weighted by molar-refractivity contribution is -0.137. The first-order chi connectivity index (χ1) is 20.7. The van der Waals surface area contributed by atoms with E-state index in [1.54, 1.807) is 11.0 Å². The Balaban J connectivity index is 1.13. The first kappa shape index (κ1) is 28.9. The smallest absolute Gasteiger partial charge is 0.368 e. The molecule has 6 rings (SSSR count). The average molecular weight is 606 g/mol. The van der Waals surface area contributed by atoms with Gasteiger partial charge >= 0.3 is 6.18 Å². The van der Waals surface area contributed by atoms with Gasteiger partial charge in [-0.3, -0.25) is 4.79 Å². The third-order valence-electron chi connectivity index (χ3n) is 8.13. The fourth-order valence-electron chi connectivity index (χ4n) is 5.63. The van der Waals surface area contributed by atoms with E-state index in [-0.39, 0.29) is 5.91 Å². The van der Waals surface area contributed by atoms with Gasteiger partial charge in [0, 0.05) is 73.8 Å². The van der Waals surface area contributed by atoms with E-state index in [1.807, 2.05) is 53.6 Å². The van der Waals surface area contributed by atoms with E-state index in [0.29, 0.717) is 37.4 Å². The van der Waals surface area contributed by atoms with E-state index >= 15 is 0 Å². The van der Waals surface area contributed by atoms with E-state index in [1.165, 1.54) is 23.3 Å². The van der Waals surface area contributed by atoms with E-state index in [4.69, 9.17) is 11.6 Å². The van der Waals surface area contributed by atoms with Gasteiger partial charge in [-0.2, -0.15) is 13.2 Å². The second-order valence-corrected chi connectivity index (χ2v) is 11.4. The summed E-state index contributed by atoms with van der Waals surface area (Å²) in [4.78, 5) is 23.9. The molecule has 1 aromatic heterocycles. The molecule has 1 amide bonds. The van der Waals surface area contributed by atoms with Crippen LogP contribution in [0.25, 0.3) is 11.1 Å². The molecule has 2 aliphatic heterocycles. The van der Waals surface area contributed by atoms with Crippen LogP contribution in [0.2, 0.25) is 5.02 Å². The number of carbonyl (C=O) groups is 1. The molecule has 6 nitrogen and oxygen atoms in total. The summed E-state index contributed by atoms with van der Waals surface area (Å²) in [5, 5.41) is 4.10. The fourth-order valence-corrected chi connectivity index (χ4v) is 5.83. The second kappa shape index (κ2) is 11.8. The molecule has 3 aromatic carbocycles. The third kappa shape index (κ3) is 6.27. The lowest BCUT2D eigenvalue weighted by Gasteiger charge is -2.36. The summed E-state index contributed by atoms with van der Waals surface area (Å²) in [6, 6.07) is 20.9. The van der Waals surface area contributed by atoms with Crippen molar-refractivity contribution in [2.24, 2.45) is 0 Å². The average Bonchev–Trinajstić information content (AvgIpc) is 3.02. The van der Waals surface area contributed by atoms with Crippen molar-refractivity contribution in [3.63, 3.8) is 0 Å². The summed E-state index contributed by atoms with van der Waals surface area (Å²) < 4.78 is 39.4. The topological polar surface area (TPSA) is 51.7 Å². The highest BCUT2D eigenvalue weighted by atomic mass is 35.5. The number of hydrogen-bond acceptors (Lipinski definition) is 5. The minimum absolute atomic E-state index is 0.0916. The number of aryl methyl sites for hydroxylation is 1.